The van der Waals surface area contributed by atoms with E-state index in [-0.39, 0.29) is 5.56 Å². The highest BCUT2D eigenvalue weighted by atomic mass is 19.1. The molecule has 0 unspecified atom stereocenters. The van der Waals surface area contributed by atoms with E-state index in [1.165, 1.54) is 18.2 Å². The van der Waals surface area contributed by atoms with Gasteiger partial charge in [-0.15, -0.1) is 0 Å². The Balaban J connectivity index is 1.38. The summed E-state index contributed by atoms with van der Waals surface area (Å²) in [4.78, 5) is 40.4. The molecular weight excluding hydrogens is 415 g/mol. The van der Waals surface area contributed by atoms with Crippen molar-refractivity contribution in [1.29, 1.82) is 0 Å². The molecule has 2 aromatic carbocycles. The van der Waals surface area contributed by atoms with Crippen LogP contribution in [0.2, 0.25) is 0 Å². The Morgan fingerprint density at radius 1 is 1.03 bits per heavy atom. The van der Waals surface area contributed by atoms with E-state index in [4.69, 9.17) is 4.74 Å². The summed E-state index contributed by atoms with van der Waals surface area (Å²) < 4.78 is 18.0. The monoisotopic (exact) mass is 442 g/mol. The number of benzene rings is 2. The third-order valence-electron chi connectivity index (χ3n) is 5.18. The van der Waals surface area contributed by atoms with Crippen LogP contribution in [-0.4, -0.2) is 68.6 Å². The van der Waals surface area contributed by atoms with Crippen molar-refractivity contribution in [3.8, 4) is 0 Å². The van der Waals surface area contributed by atoms with Gasteiger partial charge in [0.1, 0.15) is 12.4 Å². The summed E-state index contributed by atoms with van der Waals surface area (Å²) in [6.07, 6.45) is 0. The minimum atomic E-state index is -0.772. The molecule has 1 aliphatic heterocycles. The van der Waals surface area contributed by atoms with Gasteiger partial charge in [0, 0.05) is 43.1 Å². The predicted molar refractivity (Wildman–Crippen MR) is 119 cm³/mol. The molecule has 1 saturated heterocycles. The summed E-state index contributed by atoms with van der Waals surface area (Å²) in [6, 6.07) is 12.6. The summed E-state index contributed by atoms with van der Waals surface area (Å²) in [5, 5.41) is 4.99. The standard InChI is InChI=1S/C23H27FN4O4/c1-2-27-10-12-28(13-11-27)20-8-6-19(7-9-20)26-21(29)16-32-22(30)15-25-23(31)17-4-3-5-18(24)14-17/h3-9,14H,2,10-13,15-16H2,1H3,(H,25,31)(H,26,29). The molecule has 0 aliphatic carbocycles. The van der Waals surface area contributed by atoms with Gasteiger partial charge in [0.2, 0.25) is 0 Å². The van der Waals surface area contributed by atoms with Gasteiger partial charge in [-0.05, 0) is 49.0 Å². The van der Waals surface area contributed by atoms with Crippen LogP contribution in [0.25, 0.3) is 0 Å². The molecular formula is C23H27FN4O4. The number of nitrogens with one attached hydrogen (secondary N) is 2. The number of carbonyl (C=O) groups excluding carboxylic acids is 3. The van der Waals surface area contributed by atoms with Crippen LogP contribution in [-0.2, 0) is 14.3 Å². The number of anilines is 2. The maximum Gasteiger partial charge on any atom is 0.325 e. The van der Waals surface area contributed by atoms with Crippen LogP contribution < -0.4 is 15.5 Å². The summed E-state index contributed by atoms with van der Waals surface area (Å²) >= 11 is 0. The molecule has 0 atom stereocenters. The van der Waals surface area contributed by atoms with E-state index in [9.17, 15) is 18.8 Å². The van der Waals surface area contributed by atoms with Crippen LogP contribution in [0, 0.1) is 5.82 Å². The molecule has 9 heteroatoms. The zero-order valence-corrected chi connectivity index (χ0v) is 18.0. The predicted octanol–water partition coefficient (Wildman–Crippen LogP) is 1.88. The third kappa shape index (κ3) is 6.78. The Labute approximate surface area is 186 Å². The number of nitrogens with zero attached hydrogens (tertiary/aromatic N) is 2. The fraction of sp³-hybridized carbons (Fsp3) is 0.348. The maximum atomic E-state index is 13.1. The Morgan fingerprint density at radius 2 is 1.75 bits per heavy atom. The number of carbonyl (C=O) groups is 3. The molecule has 32 heavy (non-hydrogen) atoms. The topological polar surface area (TPSA) is 91.0 Å². The molecule has 8 nitrogen and oxygen atoms in total. The van der Waals surface area contributed by atoms with Crippen molar-refractivity contribution in [2.75, 3.05) is 56.1 Å². The number of piperazine rings is 1. The number of hydrogen-bond acceptors (Lipinski definition) is 6. The molecule has 0 aromatic heterocycles. The Bertz CT molecular complexity index is 943. The van der Waals surface area contributed by atoms with Crippen LogP contribution >= 0.6 is 0 Å². The molecule has 2 N–H and O–H groups in total. The van der Waals surface area contributed by atoms with Crippen molar-refractivity contribution in [1.82, 2.24) is 10.2 Å². The Hall–Kier alpha value is -3.46. The normalized spacial score (nSPS) is 14.0. The van der Waals surface area contributed by atoms with Gasteiger partial charge in [-0.3, -0.25) is 14.4 Å². The van der Waals surface area contributed by atoms with E-state index in [0.717, 1.165) is 44.5 Å². The van der Waals surface area contributed by atoms with Gasteiger partial charge in [0.25, 0.3) is 11.8 Å². The van der Waals surface area contributed by atoms with E-state index < -0.39 is 36.8 Å². The number of likely N-dealkylation sites (N-methyl/N-ethyl adjacent to an activating group) is 1. The van der Waals surface area contributed by atoms with Crippen molar-refractivity contribution in [2.45, 2.75) is 6.92 Å². The molecule has 0 spiro atoms. The van der Waals surface area contributed by atoms with Crippen molar-refractivity contribution in [3.05, 3.63) is 59.9 Å². The van der Waals surface area contributed by atoms with E-state index in [1.54, 1.807) is 12.1 Å². The molecule has 3 rings (SSSR count). The minimum absolute atomic E-state index is 0.0891. The molecule has 1 fully saturated rings. The average Bonchev–Trinajstić information content (AvgIpc) is 2.82. The molecule has 2 aromatic rings. The number of halogens is 1. The number of rotatable bonds is 8. The largest absolute Gasteiger partial charge is 0.454 e. The van der Waals surface area contributed by atoms with Crippen LogP contribution in [0.3, 0.4) is 0 Å². The molecule has 170 valence electrons. The fourth-order valence-electron chi connectivity index (χ4n) is 3.36. The molecule has 0 radical (unpaired) electrons. The highest BCUT2D eigenvalue weighted by Crippen LogP contribution is 2.19. The second-order valence-corrected chi connectivity index (χ2v) is 7.37. The van der Waals surface area contributed by atoms with Crippen molar-refractivity contribution >= 4 is 29.2 Å². The Kier molecular flexibility index (Phi) is 8.15. The number of ether oxygens (including phenoxy) is 1. The first-order valence-electron chi connectivity index (χ1n) is 10.5. The first-order valence-corrected chi connectivity index (χ1v) is 10.5. The van der Waals surface area contributed by atoms with Crippen molar-refractivity contribution in [3.63, 3.8) is 0 Å². The molecule has 2 amide bonds. The lowest BCUT2D eigenvalue weighted by molar-refractivity contribution is -0.146. The van der Waals surface area contributed by atoms with E-state index in [2.05, 4.69) is 27.4 Å². The molecule has 1 heterocycles. The highest BCUT2D eigenvalue weighted by Gasteiger charge is 2.16. The van der Waals surface area contributed by atoms with Gasteiger partial charge in [0.15, 0.2) is 6.61 Å². The second-order valence-electron chi connectivity index (χ2n) is 7.37. The lowest BCUT2D eigenvalue weighted by Gasteiger charge is -2.35. The van der Waals surface area contributed by atoms with Crippen molar-refractivity contribution in [2.24, 2.45) is 0 Å². The Morgan fingerprint density at radius 3 is 2.41 bits per heavy atom. The van der Waals surface area contributed by atoms with Crippen LogP contribution in [0.15, 0.2) is 48.5 Å². The van der Waals surface area contributed by atoms with Crippen molar-refractivity contribution < 1.29 is 23.5 Å². The smallest absolute Gasteiger partial charge is 0.325 e. The zero-order valence-electron chi connectivity index (χ0n) is 18.0. The fourth-order valence-corrected chi connectivity index (χ4v) is 3.36. The summed E-state index contributed by atoms with van der Waals surface area (Å²) in [7, 11) is 0. The number of esters is 1. The summed E-state index contributed by atoms with van der Waals surface area (Å²) in [5.74, 6) is -2.42. The number of amides is 2. The lowest BCUT2D eigenvalue weighted by atomic mass is 10.2. The average molecular weight is 442 g/mol. The third-order valence-corrected chi connectivity index (χ3v) is 5.18. The molecule has 1 aliphatic rings. The summed E-state index contributed by atoms with van der Waals surface area (Å²) in [6.45, 7) is 6.30. The summed E-state index contributed by atoms with van der Waals surface area (Å²) in [5.41, 5.74) is 1.78. The maximum absolute atomic E-state index is 13.1. The minimum Gasteiger partial charge on any atom is -0.454 e. The van der Waals surface area contributed by atoms with E-state index in [1.807, 2.05) is 12.1 Å². The van der Waals surface area contributed by atoms with Crippen LogP contribution in [0.1, 0.15) is 17.3 Å². The highest BCUT2D eigenvalue weighted by molar-refractivity contribution is 5.96. The van der Waals surface area contributed by atoms with Gasteiger partial charge in [-0.2, -0.15) is 0 Å². The van der Waals surface area contributed by atoms with Gasteiger partial charge in [0.05, 0.1) is 0 Å². The molecule has 0 saturated carbocycles. The zero-order chi connectivity index (χ0) is 22.9. The van der Waals surface area contributed by atoms with Gasteiger partial charge in [-0.1, -0.05) is 13.0 Å². The van der Waals surface area contributed by atoms with Gasteiger partial charge < -0.3 is 25.2 Å². The van der Waals surface area contributed by atoms with E-state index in [0.29, 0.717) is 5.69 Å². The van der Waals surface area contributed by atoms with Gasteiger partial charge >= 0.3 is 5.97 Å². The van der Waals surface area contributed by atoms with Crippen LogP contribution in [0.5, 0.6) is 0 Å². The second kappa shape index (κ2) is 11.2. The lowest BCUT2D eigenvalue weighted by Crippen LogP contribution is -2.46. The quantitative estimate of drug-likeness (QED) is 0.607. The molecule has 0 bridgehead atoms. The first-order chi connectivity index (χ1) is 15.4. The van der Waals surface area contributed by atoms with E-state index >= 15 is 0 Å². The van der Waals surface area contributed by atoms with Gasteiger partial charge in [-0.25, -0.2) is 4.39 Å². The number of hydrogen-bond donors (Lipinski definition) is 2. The SMILES string of the molecule is CCN1CCN(c2ccc(NC(=O)COC(=O)CNC(=O)c3cccc(F)c3)cc2)CC1. The van der Waals surface area contributed by atoms with Crippen LogP contribution in [0.4, 0.5) is 15.8 Å². The first kappa shape index (κ1) is 23.2.